The van der Waals surface area contributed by atoms with E-state index in [9.17, 15) is 4.79 Å². The molecule has 0 aliphatic heterocycles. The van der Waals surface area contributed by atoms with Crippen LogP contribution in [0.3, 0.4) is 0 Å². The van der Waals surface area contributed by atoms with Crippen LogP contribution in [0.1, 0.15) is 12.8 Å². The maximum absolute atomic E-state index is 13.1. The molecule has 0 atom stereocenters. The Bertz CT molecular complexity index is 1410. The van der Waals surface area contributed by atoms with Crippen LogP contribution in [0.25, 0.3) is 33.1 Å². The molecular formula is C23H18N4O2S. The van der Waals surface area contributed by atoms with Crippen LogP contribution in [0, 0.1) is 0 Å². The van der Waals surface area contributed by atoms with Gasteiger partial charge in [-0.1, -0.05) is 71.5 Å². The fourth-order valence-electron chi connectivity index (χ4n) is 3.42. The van der Waals surface area contributed by atoms with E-state index in [0.717, 1.165) is 16.3 Å². The predicted octanol–water partition coefficient (Wildman–Crippen LogP) is 4.91. The highest BCUT2D eigenvalue weighted by Crippen LogP contribution is 2.25. The third-order valence-electron chi connectivity index (χ3n) is 4.93. The summed E-state index contributed by atoms with van der Waals surface area (Å²) in [6.45, 7) is 2.48. The van der Waals surface area contributed by atoms with Crippen molar-refractivity contribution in [2.75, 3.05) is 0 Å². The van der Waals surface area contributed by atoms with Crippen molar-refractivity contribution in [3.63, 3.8) is 0 Å². The molecule has 0 bridgehead atoms. The summed E-state index contributed by atoms with van der Waals surface area (Å²) in [5.74, 6) is 1.48. The van der Waals surface area contributed by atoms with Gasteiger partial charge in [0.25, 0.3) is 5.56 Å². The van der Waals surface area contributed by atoms with Gasteiger partial charge in [0.2, 0.25) is 11.7 Å². The highest BCUT2D eigenvalue weighted by Gasteiger charge is 2.14. The van der Waals surface area contributed by atoms with Crippen molar-refractivity contribution in [2.24, 2.45) is 0 Å². The molecule has 0 amide bonds. The van der Waals surface area contributed by atoms with Gasteiger partial charge in [0.15, 0.2) is 5.16 Å². The van der Waals surface area contributed by atoms with Gasteiger partial charge in [-0.05, 0) is 29.8 Å². The molecule has 148 valence electrons. The average Bonchev–Trinajstić information content (AvgIpc) is 3.26. The zero-order chi connectivity index (χ0) is 20.5. The zero-order valence-corrected chi connectivity index (χ0v) is 17.1. The summed E-state index contributed by atoms with van der Waals surface area (Å²) >= 11 is 1.42. The lowest BCUT2D eigenvalue weighted by Crippen LogP contribution is -2.22. The van der Waals surface area contributed by atoms with Crippen LogP contribution in [0.2, 0.25) is 0 Å². The molecule has 0 radical (unpaired) electrons. The van der Waals surface area contributed by atoms with E-state index < -0.39 is 0 Å². The van der Waals surface area contributed by atoms with Crippen molar-refractivity contribution >= 4 is 33.4 Å². The molecule has 0 unspecified atom stereocenters. The number of hydrogen-bond donors (Lipinski definition) is 0. The van der Waals surface area contributed by atoms with Crippen molar-refractivity contribution in [1.29, 1.82) is 0 Å². The van der Waals surface area contributed by atoms with Gasteiger partial charge in [0.05, 0.1) is 16.7 Å². The summed E-state index contributed by atoms with van der Waals surface area (Å²) in [6, 6.07) is 21.6. The summed E-state index contributed by atoms with van der Waals surface area (Å²) in [6.07, 6.45) is 0. The van der Waals surface area contributed by atoms with E-state index in [0.29, 0.717) is 40.1 Å². The van der Waals surface area contributed by atoms with Crippen LogP contribution in [-0.4, -0.2) is 19.7 Å². The zero-order valence-electron chi connectivity index (χ0n) is 16.3. The largest absolute Gasteiger partial charge is 0.338 e. The van der Waals surface area contributed by atoms with Gasteiger partial charge < -0.3 is 4.52 Å². The van der Waals surface area contributed by atoms with Crippen molar-refractivity contribution < 1.29 is 4.52 Å². The Morgan fingerprint density at radius 1 is 0.967 bits per heavy atom. The molecule has 3 aromatic carbocycles. The SMILES string of the molecule is CCn1c(SCc2nc(-c3ccccc3)no2)nc2cc3ccccc3cc2c1=O. The fraction of sp³-hybridized carbons (Fsp3) is 0.130. The van der Waals surface area contributed by atoms with Crippen LogP contribution in [-0.2, 0) is 12.3 Å². The molecule has 7 heteroatoms. The summed E-state index contributed by atoms with van der Waals surface area (Å²) in [5.41, 5.74) is 1.56. The third-order valence-corrected chi connectivity index (χ3v) is 5.89. The third kappa shape index (κ3) is 3.37. The molecule has 6 nitrogen and oxygen atoms in total. The first-order valence-corrected chi connectivity index (χ1v) is 10.7. The second kappa shape index (κ2) is 7.76. The standard InChI is InChI=1S/C23H18N4O2S/c1-2-27-22(28)18-12-16-10-6-7-11-17(16)13-19(18)24-23(27)30-14-20-25-21(26-29-20)15-8-4-3-5-9-15/h3-13H,2,14H2,1H3. The van der Waals surface area contributed by atoms with Gasteiger partial charge in [0, 0.05) is 12.1 Å². The second-order valence-corrected chi connectivity index (χ2v) is 7.77. The quantitative estimate of drug-likeness (QED) is 0.231. The molecule has 5 rings (SSSR count). The van der Waals surface area contributed by atoms with Crippen molar-refractivity contribution in [3.8, 4) is 11.4 Å². The lowest BCUT2D eigenvalue weighted by Gasteiger charge is -2.11. The van der Waals surface area contributed by atoms with Gasteiger partial charge in [-0.2, -0.15) is 4.98 Å². The molecule has 0 spiro atoms. The average molecular weight is 414 g/mol. The highest BCUT2D eigenvalue weighted by molar-refractivity contribution is 7.98. The van der Waals surface area contributed by atoms with E-state index in [-0.39, 0.29) is 5.56 Å². The highest BCUT2D eigenvalue weighted by atomic mass is 32.2. The number of thioether (sulfide) groups is 1. The van der Waals surface area contributed by atoms with Gasteiger partial charge in [-0.15, -0.1) is 0 Å². The lowest BCUT2D eigenvalue weighted by molar-refractivity contribution is 0.391. The Morgan fingerprint density at radius 3 is 2.47 bits per heavy atom. The van der Waals surface area contributed by atoms with Crippen LogP contribution < -0.4 is 5.56 Å². The number of hydrogen-bond acceptors (Lipinski definition) is 6. The molecular weight excluding hydrogens is 396 g/mol. The minimum Gasteiger partial charge on any atom is -0.338 e. The first kappa shape index (κ1) is 18.6. The van der Waals surface area contributed by atoms with Crippen molar-refractivity contribution in [2.45, 2.75) is 24.4 Å². The summed E-state index contributed by atoms with van der Waals surface area (Å²) in [4.78, 5) is 22.3. The van der Waals surface area contributed by atoms with Gasteiger partial charge in [-0.3, -0.25) is 9.36 Å². The molecule has 2 heterocycles. The van der Waals surface area contributed by atoms with E-state index in [1.165, 1.54) is 11.8 Å². The van der Waals surface area contributed by atoms with Gasteiger partial charge in [-0.25, -0.2) is 4.98 Å². The number of fused-ring (bicyclic) bond motifs is 2. The first-order chi connectivity index (χ1) is 14.7. The van der Waals surface area contributed by atoms with E-state index in [1.54, 1.807) is 4.57 Å². The Morgan fingerprint density at radius 2 is 1.70 bits per heavy atom. The maximum atomic E-state index is 13.1. The molecule has 30 heavy (non-hydrogen) atoms. The van der Waals surface area contributed by atoms with Crippen LogP contribution in [0.5, 0.6) is 0 Å². The predicted molar refractivity (Wildman–Crippen MR) is 118 cm³/mol. The van der Waals surface area contributed by atoms with Crippen LogP contribution >= 0.6 is 11.8 Å². The molecule has 2 aromatic heterocycles. The summed E-state index contributed by atoms with van der Waals surface area (Å²) < 4.78 is 7.08. The van der Waals surface area contributed by atoms with Crippen LogP contribution in [0.15, 0.2) is 81.2 Å². The van der Waals surface area contributed by atoms with Gasteiger partial charge in [0.1, 0.15) is 0 Å². The van der Waals surface area contributed by atoms with E-state index >= 15 is 0 Å². The molecule has 5 aromatic rings. The fourth-order valence-corrected chi connectivity index (χ4v) is 4.32. The first-order valence-electron chi connectivity index (χ1n) is 9.67. The maximum Gasteiger partial charge on any atom is 0.262 e. The van der Waals surface area contributed by atoms with E-state index in [1.807, 2.05) is 73.7 Å². The minimum absolute atomic E-state index is 0.0359. The number of benzene rings is 3. The Kier molecular flexibility index (Phi) is 4.80. The molecule has 0 aliphatic carbocycles. The van der Waals surface area contributed by atoms with E-state index in [2.05, 4.69) is 10.1 Å². The Labute approximate surface area is 176 Å². The Hall–Kier alpha value is -3.45. The minimum atomic E-state index is -0.0359. The number of rotatable bonds is 5. The second-order valence-electron chi connectivity index (χ2n) is 6.83. The molecule has 0 saturated heterocycles. The van der Waals surface area contributed by atoms with Crippen LogP contribution in [0.4, 0.5) is 0 Å². The molecule has 0 aliphatic rings. The monoisotopic (exact) mass is 414 g/mol. The number of nitrogens with zero attached hydrogens (tertiary/aromatic N) is 4. The van der Waals surface area contributed by atoms with Gasteiger partial charge >= 0.3 is 0 Å². The van der Waals surface area contributed by atoms with Crippen molar-refractivity contribution in [1.82, 2.24) is 19.7 Å². The smallest absolute Gasteiger partial charge is 0.262 e. The normalized spacial score (nSPS) is 11.4. The number of aromatic nitrogens is 4. The topological polar surface area (TPSA) is 73.8 Å². The van der Waals surface area contributed by atoms with E-state index in [4.69, 9.17) is 9.51 Å². The molecule has 0 N–H and O–H groups in total. The lowest BCUT2D eigenvalue weighted by atomic mass is 10.1. The molecule has 0 saturated carbocycles. The summed E-state index contributed by atoms with van der Waals surface area (Å²) in [7, 11) is 0. The molecule has 0 fully saturated rings. The van der Waals surface area contributed by atoms with Crippen molar-refractivity contribution in [3.05, 3.63) is 83.0 Å². The summed E-state index contributed by atoms with van der Waals surface area (Å²) in [5, 5.41) is 7.42. The Balaban J connectivity index is 1.49.